The predicted molar refractivity (Wildman–Crippen MR) is 513 cm³/mol. The number of benzene rings is 5. The van der Waals surface area contributed by atoms with Gasteiger partial charge >= 0.3 is 12.1 Å². The molecule has 0 radical (unpaired) electrons. The van der Waals surface area contributed by atoms with E-state index in [0.717, 1.165) is 11.1 Å². The molecule has 12 rings (SSSR count). The summed E-state index contributed by atoms with van der Waals surface area (Å²) in [7, 11) is 4.41. The first-order valence-electron chi connectivity index (χ1n) is 49.1. The van der Waals surface area contributed by atoms with Crippen molar-refractivity contribution in [2.45, 2.75) is 170 Å². The van der Waals surface area contributed by atoms with Gasteiger partial charge in [-0.3, -0.25) is 43.3 Å². The number of aliphatic carboxylic acids is 1. The topological polar surface area (TPSA) is 585 Å². The molecule has 5 heterocycles. The molecule has 0 bridgehead atoms. The summed E-state index contributed by atoms with van der Waals surface area (Å²) in [6, 6.07) is 21.5. The molecule has 4 saturated heterocycles. The highest BCUT2D eigenvalue weighted by Crippen LogP contribution is 2.53. The molecule has 46 nitrogen and oxygen atoms in total. The van der Waals surface area contributed by atoms with Crippen LogP contribution in [0.3, 0.4) is 0 Å². The Hall–Kier alpha value is -11.2. The maximum absolute atomic E-state index is 14.5. The fraction of sp³-hybridized carbons (Fsp3) is 0.584. The Labute approximate surface area is 849 Å². The number of unbranched alkanes of at least 4 members (excludes halogenated alkanes) is 1. The zero-order chi connectivity index (χ0) is 105. The number of carboxylic acid groups (broad SMARTS) is 1. The molecule has 14 atom stereocenters. The van der Waals surface area contributed by atoms with Gasteiger partial charge in [-0.05, 0) is 67.3 Å². The van der Waals surface area contributed by atoms with Gasteiger partial charge in [-0.15, -0.1) is 0 Å². The number of hydrogen-bond donors (Lipinski definition) is 13. The summed E-state index contributed by atoms with van der Waals surface area (Å²) in [5.74, 6) is -2.58. The number of alkyl carbamates (subject to hydrolysis) is 1. The summed E-state index contributed by atoms with van der Waals surface area (Å²) >= 11 is 0. The number of ketones is 2. The molecule has 5 aromatic carbocycles. The molecule has 0 saturated carbocycles. The van der Waals surface area contributed by atoms with Gasteiger partial charge in [-0.25, -0.2) is 9.59 Å². The molecular weight excluding hydrogens is 1930 g/mol. The molecule has 5 aliphatic heterocycles. The van der Waals surface area contributed by atoms with Crippen molar-refractivity contribution in [3.05, 3.63) is 146 Å². The Morgan fingerprint density at radius 2 is 1.16 bits per heavy atom. The fourth-order valence-electron chi connectivity index (χ4n) is 17.5. The van der Waals surface area contributed by atoms with Crippen LogP contribution in [0.4, 0.5) is 10.5 Å². The molecular formula is C101H134N8O38. The van der Waals surface area contributed by atoms with E-state index in [2.05, 4.69) is 48.6 Å². The molecule has 147 heavy (non-hydrogen) atoms. The number of carbonyl (C=O) groups is 10. The van der Waals surface area contributed by atoms with E-state index >= 15 is 0 Å². The van der Waals surface area contributed by atoms with Gasteiger partial charge in [-0.2, -0.15) is 0 Å². The second kappa shape index (κ2) is 59.3. The summed E-state index contributed by atoms with van der Waals surface area (Å²) < 4.78 is 119. The number of aromatic hydroxyl groups is 2. The van der Waals surface area contributed by atoms with Crippen molar-refractivity contribution in [2.24, 2.45) is 0 Å². The molecule has 2 aliphatic carbocycles. The van der Waals surface area contributed by atoms with Crippen LogP contribution in [0.1, 0.15) is 135 Å². The van der Waals surface area contributed by atoms with Crippen LogP contribution in [0.5, 0.6) is 23.0 Å². The van der Waals surface area contributed by atoms with Gasteiger partial charge in [0.25, 0.3) is 5.91 Å². The Bertz CT molecular complexity index is 5240. The summed E-state index contributed by atoms with van der Waals surface area (Å²) in [6.45, 7) is 9.19. The van der Waals surface area contributed by atoms with E-state index < -0.39 is 194 Å². The molecule has 14 unspecified atom stereocenters. The monoisotopic (exact) mass is 2070 g/mol. The number of ether oxygens (including phenoxy) is 21. The van der Waals surface area contributed by atoms with E-state index in [1.54, 1.807) is 18.9 Å². The van der Waals surface area contributed by atoms with Crippen molar-refractivity contribution < 1.29 is 183 Å². The van der Waals surface area contributed by atoms with E-state index in [1.165, 1.54) is 50.6 Å². The molecule has 0 spiro atoms. The molecule has 806 valence electrons. The average Bonchev–Trinajstić information content (AvgIpc) is 1.62. The molecule has 46 heteroatoms. The van der Waals surface area contributed by atoms with Crippen LogP contribution < -0.4 is 46.3 Å². The van der Waals surface area contributed by atoms with Crippen molar-refractivity contribution >= 4 is 64.8 Å². The smallest absolute Gasteiger partial charge is 0.407 e. The summed E-state index contributed by atoms with van der Waals surface area (Å²) in [5, 5.41) is 94.8. The second-order valence-corrected chi connectivity index (χ2v) is 35.1. The molecule has 5 aromatic rings. The van der Waals surface area contributed by atoms with Gasteiger partial charge < -0.3 is 172 Å². The number of rotatable bonds is 63. The molecule has 0 aromatic heterocycles. The van der Waals surface area contributed by atoms with Crippen LogP contribution >= 0.6 is 0 Å². The van der Waals surface area contributed by atoms with E-state index in [9.17, 15) is 83.7 Å². The van der Waals surface area contributed by atoms with Gasteiger partial charge in [0, 0.05) is 138 Å². The van der Waals surface area contributed by atoms with E-state index in [4.69, 9.17) is 99.5 Å². The number of carboxylic acids is 1. The normalized spacial score (nSPS) is 21.9. The zero-order valence-electron chi connectivity index (χ0n) is 82.8. The highest BCUT2D eigenvalue weighted by Gasteiger charge is 2.56. The Morgan fingerprint density at radius 3 is 1.79 bits per heavy atom. The number of hydrogen-bond acceptors (Lipinski definition) is 38. The summed E-state index contributed by atoms with van der Waals surface area (Å²) in [4.78, 5) is 142. The lowest BCUT2D eigenvalue weighted by Crippen LogP contribution is -2.61. The lowest BCUT2D eigenvalue weighted by atomic mass is 9.72. The van der Waals surface area contributed by atoms with Crippen molar-refractivity contribution in [3.63, 3.8) is 0 Å². The highest BCUT2D eigenvalue weighted by atomic mass is 16.7. The highest BCUT2D eigenvalue weighted by molar-refractivity contribution is 6.31. The minimum absolute atomic E-state index is 0.0230. The van der Waals surface area contributed by atoms with Crippen LogP contribution in [0.25, 0.3) is 0 Å². The van der Waals surface area contributed by atoms with Crippen molar-refractivity contribution in [1.29, 1.82) is 0 Å². The SMILES string of the molecule is COCCOCCOCCOCCOCCOCCOCCOCCOCCOCCOCCOCCC(=O)NCC(NC(=O)CCCCC(=O)N1Cc2ccccc2C#Cc2ccccc21)C(=O)NCCC(=O)NCc1cc(COC(=O)NCCNC(=O)C2(O)Cc3c(O)c4c(c(O)c3C(OC3CC5C(OC6C(OC)OCCN56)C(C)O3)C2)C(=O)c2c(OC)cccc2C4=O)ccc1OC1OC(C(=O)O)C(O)C(O)C1O. The number of amides is 7. The number of fused-ring (bicyclic) bond motifs is 8. The van der Waals surface area contributed by atoms with Crippen molar-refractivity contribution in [1.82, 2.24) is 36.8 Å². The number of phenols is 2. The number of carbonyl (C=O) groups excluding carboxylic acids is 9. The van der Waals surface area contributed by atoms with Crippen LogP contribution in [-0.2, 0) is 150 Å². The third-order valence-corrected chi connectivity index (χ3v) is 25.0. The van der Waals surface area contributed by atoms with Crippen LogP contribution in [-0.4, -0.2) is 392 Å². The third-order valence-electron chi connectivity index (χ3n) is 25.0. The minimum Gasteiger partial charge on any atom is -0.507 e. The Kier molecular flexibility index (Phi) is 46.2. The maximum Gasteiger partial charge on any atom is 0.407 e. The number of para-hydroxylation sites is 1. The first kappa shape index (κ1) is 115. The first-order chi connectivity index (χ1) is 71.3. The van der Waals surface area contributed by atoms with Crippen molar-refractivity contribution in [3.8, 4) is 34.8 Å². The van der Waals surface area contributed by atoms with Gasteiger partial charge in [0.05, 0.1) is 207 Å². The predicted octanol–water partition coefficient (Wildman–Crippen LogP) is 0.913. The summed E-state index contributed by atoms with van der Waals surface area (Å²) in [5.41, 5.74) is -1.11. The van der Waals surface area contributed by atoms with E-state index in [-0.39, 0.29) is 155 Å². The second-order valence-electron chi connectivity index (χ2n) is 35.1. The fourth-order valence-corrected chi connectivity index (χ4v) is 17.5. The standard InChI is InChI=1S/C101H134N8O38/c1-62-92-72(108-29-31-141-98(129-4)95(108)146-92)55-80(143-62)144-75-57-101(126,56-69-82(75)88(117)84-83(86(69)115)85(114)68-15-11-17-74(128-3)81(68)87(84)116)99(124)103-27-28-104-100(125)142-61-63-20-23-73(145-97-91(120)89(118)90(119)93(147-97)96(122)123)67(54-63)58-105-76(110)24-26-102-94(121)70(107-78(112)18-9-10-19-79(113)109-60-66-14-6-5-12-64(66)21-22-65-13-7-8-16-71(65)109)59-106-77(111)25-30-130-34-35-132-38-39-134-42-43-136-46-47-138-50-51-140-53-52-139-49-48-137-45-44-135-41-40-133-37-36-131-33-32-127-2/h5-8,11-17,20,23,54,62,70,72,75,80,89-93,95,97-98,115,117-120,126H,9-10,18-19,24-53,55-61H2,1-4H3,(H,102,121)(H,103,124)(H,104,125)(H,105,110)(H,106,111)(H,107,112)(H,122,123). The molecule has 7 amide bonds. The quantitative estimate of drug-likeness (QED) is 0.0143. The summed E-state index contributed by atoms with van der Waals surface area (Å²) in [6.07, 6.45) is -17.6. The molecule has 13 N–H and O–H groups in total. The van der Waals surface area contributed by atoms with E-state index in [0.29, 0.717) is 143 Å². The molecule has 4 fully saturated rings. The molecule has 7 aliphatic rings. The number of anilines is 1. The minimum atomic E-state index is -2.49. The maximum atomic E-state index is 14.5. The lowest BCUT2D eigenvalue weighted by Gasteiger charge is -2.43. The van der Waals surface area contributed by atoms with Gasteiger partial charge in [0.1, 0.15) is 65.7 Å². The van der Waals surface area contributed by atoms with Crippen LogP contribution in [0, 0.1) is 11.8 Å². The number of aliphatic hydroxyl groups excluding tert-OH is 3. The van der Waals surface area contributed by atoms with Crippen LogP contribution in [0.15, 0.2) is 84.9 Å². The average molecular weight is 2070 g/mol. The third kappa shape index (κ3) is 32.9. The van der Waals surface area contributed by atoms with Crippen molar-refractivity contribution in [2.75, 3.05) is 218 Å². The number of phenolic OH excluding ortho intramolecular Hbond substituents is 2. The number of methoxy groups -OCH3 is 3. The number of morpholine rings is 1. The lowest BCUT2D eigenvalue weighted by molar-refractivity contribution is -0.271. The van der Waals surface area contributed by atoms with Crippen LogP contribution in [0.2, 0.25) is 0 Å². The Balaban J connectivity index is 0.591. The van der Waals surface area contributed by atoms with Gasteiger partial charge in [-0.1, -0.05) is 60.4 Å². The number of nitrogens with one attached hydrogen (secondary N) is 6. The first-order valence-corrected chi connectivity index (χ1v) is 49.1. The van der Waals surface area contributed by atoms with E-state index in [1.807, 2.05) is 48.5 Å². The van der Waals surface area contributed by atoms with Gasteiger partial charge in [0.15, 0.2) is 30.7 Å². The number of aliphatic hydroxyl groups is 4. The van der Waals surface area contributed by atoms with Gasteiger partial charge in [0.2, 0.25) is 41.6 Å². The number of nitrogens with zero attached hydrogens (tertiary/aromatic N) is 2. The zero-order valence-corrected chi connectivity index (χ0v) is 82.8. The largest absolute Gasteiger partial charge is 0.507 e. The Morgan fingerprint density at radius 1 is 0.565 bits per heavy atom.